The van der Waals surface area contributed by atoms with Crippen LogP contribution in [0.15, 0.2) is 29.2 Å². The van der Waals surface area contributed by atoms with Gasteiger partial charge in [0.1, 0.15) is 0 Å². The van der Waals surface area contributed by atoms with Crippen molar-refractivity contribution in [2.45, 2.75) is 56.0 Å². The molecule has 1 fully saturated rings. The van der Waals surface area contributed by atoms with Gasteiger partial charge < -0.3 is 5.32 Å². The molecule has 0 amide bonds. The fourth-order valence-corrected chi connectivity index (χ4v) is 5.30. The lowest BCUT2D eigenvalue weighted by atomic mass is 9.96. The highest BCUT2D eigenvalue weighted by Gasteiger charge is 2.32. The Hall–Kier alpha value is -0.870. The summed E-state index contributed by atoms with van der Waals surface area (Å²) in [5.74, 6) is 1.01. The quantitative estimate of drug-likeness (QED) is 0.931. The lowest BCUT2D eigenvalue weighted by Crippen LogP contribution is -2.38. The average Bonchev–Trinajstić information content (AvgIpc) is 2.96. The Labute approximate surface area is 121 Å². The van der Waals surface area contributed by atoms with E-state index in [1.54, 1.807) is 6.07 Å². The molecule has 0 radical (unpaired) electrons. The second-order valence-corrected chi connectivity index (χ2v) is 8.28. The number of hydrogen-bond acceptors (Lipinski definition) is 3. The third-order valence-corrected chi connectivity index (χ3v) is 6.69. The summed E-state index contributed by atoms with van der Waals surface area (Å²) in [6, 6.07) is 8.12. The van der Waals surface area contributed by atoms with Crippen molar-refractivity contribution in [1.82, 2.24) is 5.32 Å². The molecule has 1 saturated carbocycles. The van der Waals surface area contributed by atoms with Crippen LogP contribution in [0.3, 0.4) is 0 Å². The molecule has 2 aliphatic rings. The summed E-state index contributed by atoms with van der Waals surface area (Å²) < 4.78 is 24.3. The van der Waals surface area contributed by atoms with Crippen LogP contribution < -0.4 is 5.32 Å². The van der Waals surface area contributed by atoms with Crippen molar-refractivity contribution >= 4 is 9.84 Å². The van der Waals surface area contributed by atoms with Gasteiger partial charge in [-0.3, -0.25) is 0 Å². The molecule has 0 saturated heterocycles. The number of benzene rings is 1. The minimum atomic E-state index is -3.07. The van der Waals surface area contributed by atoms with Gasteiger partial charge in [0.2, 0.25) is 0 Å². The van der Waals surface area contributed by atoms with Crippen molar-refractivity contribution in [3.8, 4) is 0 Å². The topological polar surface area (TPSA) is 46.2 Å². The van der Waals surface area contributed by atoms with Crippen molar-refractivity contribution in [3.63, 3.8) is 0 Å². The molecule has 4 heteroatoms. The molecule has 3 rings (SSSR count). The summed E-state index contributed by atoms with van der Waals surface area (Å²) in [5.41, 5.74) is 0.962. The highest BCUT2D eigenvalue weighted by molar-refractivity contribution is 7.91. The summed E-state index contributed by atoms with van der Waals surface area (Å²) >= 11 is 0. The Morgan fingerprint density at radius 3 is 2.60 bits per heavy atom. The molecule has 1 aromatic rings. The van der Waals surface area contributed by atoms with Crippen molar-refractivity contribution in [1.29, 1.82) is 0 Å². The second-order valence-electron chi connectivity index (χ2n) is 6.20. The third-order valence-electron chi connectivity index (χ3n) is 4.88. The Kier molecular flexibility index (Phi) is 3.87. The van der Waals surface area contributed by atoms with Crippen LogP contribution in [0.5, 0.6) is 0 Å². The number of fused-ring (bicyclic) bond motifs is 1. The number of hydrogen-bond donors (Lipinski definition) is 1. The largest absolute Gasteiger partial charge is 0.307 e. The van der Waals surface area contributed by atoms with E-state index in [1.807, 2.05) is 18.2 Å². The number of nitrogens with one attached hydrogen (secondary N) is 1. The van der Waals surface area contributed by atoms with Gasteiger partial charge in [0.25, 0.3) is 0 Å². The molecule has 1 aromatic carbocycles. The molecule has 2 atom stereocenters. The lowest BCUT2D eigenvalue weighted by molar-refractivity contribution is 0.334. The van der Waals surface area contributed by atoms with Gasteiger partial charge >= 0.3 is 0 Å². The van der Waals surface area contributed by atoms with Crippen LogP contribution in [0.2, 0.25) is 0 Å². The minimum Gasteiger partial charge on any atom is -0.307 e. The monoisotopic (exact) mass is 293 g/mol. The molecule has 1 aliphatic heterocycles. The van der Waals surface area contributed by atoms with Crippen LogP contribution in [0.1, 0.15) is 50.6 Å². The highest BCUT2D eigenvalue weighted by atomic mass is 32.2. The van der Waals surface area contributed by atoms with E-state index in [-0.39, 0.29) is 11.8 Å². The molecule has 0 bridgehead atoms. The van der Waals surface area contributed by atoms with Crippen LogP contribution in [-0.2, 0) is 9.84 Å². The maximum Gasteiger partial charge on any atom is 0.178 e. The van der Waals surface area contributed by atoms with E-state index in [0.29, 0.717) is 17.4 Å². The molecular weight excluding hydrogens is 270 g/mol. The fourth-order valence-electron chi connectivity index (χ4n) is 3.67. The van der Waals surface area contributed by atoms with Crippen LogP contribution in [0, 0.1) is 5.92 Å². The summed E-state index contributed by atoms with van der Waals surface area (Å²) in [5, 5.41) is 3.69. The third kappa shape index (κ3) is 2.63. The summed E-state index contributed by atoms with van der Waals surface area (Å²) in [4.78, 5) is 0.530. The van der Waals surface area contributed by atoms with E-state index < -0.39 is 9.84 Å². The zero-order chi connectivity index (χ0) is 14.2. The maximum atomic E-state index is 12.1. The lowest BCUT2D eigenvalue weighted by Gasteiger charge is -2.31. The van der Waals surface area contributed by atoms with Gasteiger partial charge in [-0.25, -0.2) is 8.42 Å². The van der Waals surface area contributed by atoms with Crippen LogP contribution in [0.4, 0.5) is 0 Å². The van der Waals surface area contributed by atoms with Gasteiger partial charge in [-0.15, -0.1) is 0 Å². The average molecular weight is 293 g/mol. The Balaban J connectivity index is 1.81. The smallest absolute Gasteiger partial charge is 0.178 e. The van der Waals surface area contributed by atoms with E-state index in [4.69, 9.17) is 0 Å². The first kappa shape index (κ1) is 14.1. The zero-order valence-electron chi connectivity index (χ0n) is 12.0. The first-order valence-corrected chi connectivity index (χ1v) is 9.31. The van der Waals surface area contributed by atoms with Gasteiger partial charge in [-0.05, 0) is 43.7 Å². The summed E-state index contributed by atoms with van der Waals surface area (Å²) in [6.07, 6.45) is 5.98. The second kappa shape index (κ2) is 5.49. The van der Waals surface area contributed by atoms with E-state index >= 15 is 0 Å². The molecule has 20 heavy (non-hydrogen) atoms. The van der Waals surface area contributed by atoms with Crippen LogP contribution in [0.25, 0.3) is 0 Å². The first-order valence-electron chi connectivity index (χ1n) is 7.65. The zero-order valence-corrected chi connectivity index (χ0v) is 12.8. The van der Waals surface area contributed by atoms with Gasteiger partial charge in [-0.2, -0.15) is 0 Å². The summed E-state index contributed by atoms with van der Waals surface area (Å²) in [6.45, 7) is 2.25. The predicted octanol–water partition coefficient (Wildman–Crippen LogP) is 3.07. The Morgan fingerprint density at radius 1 is 1.15 bits per heavy atom. The molecule has 110 valence electrons. The molecule has 0 spiro atoms. The standard InChI is InChI=1S/C16H23NO2S/c1-12(13-6-2-3-7-13)17-15-10-11-20(18,19)16-9-5-4-8-14(15)16/h4-5,8-9,12-13,15,17H,2-3,6-7,10-11H2,1H3. The van der Waals surface area contributed by atoms with Gasteiger partial charge in [-0.1, -0.05) is 31.0 Å². The highest BCUT2D eigenvalue weighted by Crippen LogP contribution is 2.34. The first-order chi connectivity index (χ1) is 9.58. The van der Waals surface area contributed by atoms with E-state index in [2.05, 4.69) is 12.2 Å². The van der Waals surface area contributed by atoms with E-state index in [9.17, 15) is 8.42 Å². The number of sulfone groups is 1. The number of rotatable bonds is 3. The normalized spacial score (nSPS) is 27.1. The molecule has 0 aromatic heterocycles. The SMILES string of the molecule is CC(NC1CCS(=O)(=O)c2ccccc21)C1CCCC1. The van der Waals surface area contributed by atoms with Crippen molar-refractivity contribution in [3.05, 3.63) is 29.8 Å². The van der Waals surface area contributed by atoms with Crippen molar-refractivity contribution in [2.24, 2.45) is 5.92 Å². The maximum absolute atomic E-state index is 12.1. The van der Waals surface area contributed by atoms with Crippen molar-refractivity contribution in [2.75, 3.05) is 5.75 Å². The molecule has 1 heterocycles. The van der Waals surface area contributed by atoms with Crippen LogP contribution in [-0.4, -0.2) is 20.2 Å². The molecular formula is C16H23NO2S. The fraction of sp³-hybridized carbons (Fsp3) is 0.625. The molecule has 2 unspecified atom stereocenters. The molecule has 3 nitrogen and oxygen atoms in total. The van der Waals surface area contributed by atoms with E-state index in [0.717, 1.165) is 11.5 Å². The van der Waals surface area contributed by atoms with Gasteiger partial charge in [0.05, 0.1) is 10.6 Å². The minimum absolute atomic E-state index is 0.185. The van der Waals surface area contributed by atoms with Gasteiger partial charge in [0.15, 0.2) is 9.84 Å². The van der Waals surface area contributed by atoms with Crippen LogP contribution >= 0.6 is 0 Å². The predicted molar refractivity (Wildman–Crippen MR) is 80.4 cm³/mol. The van der Waals surface area contributed by atoms with E-state index in [1.165, 1.54) is 25.7 Å². The summed E-state index contributed by atoms with van der Waals surface area (Å²) in [7, 11) is -3.07. The molecule has 1 N–H and O–H groups in total. The van der Waals surface area contributed by atoms with Gasteiger partial charge in [0, 0.05) is 12.1 Å². The Bertz CT molecular complexity index is 576. The Morgan fingerprint density at radius 2 is 1.85 bits per heavy atom. The van der Waals surface area contributed by atoms with Crippen molar-refractivity contribution < 1.29 is 8.42 Å². The molecule has 1 aliphatic carbocycles.